The molecule has 134 valence electrons. The van der Waals surface area contributed by atoms with Crippen LogP contribution < -0.4 is 15.8 Å². The molecule has 24 heavy (non-hydrogen) atoms. The predicted molar refractivity (Wildman–Crippen MR) is 91.0 cm³/mol. The minimum atomic E-state index is -0.537. The van der Waals surface area contributed by atoms with Gasteiger partial charge in [-0.2, -0.15) is 0 Å². The van der Waals surface area contributed by atoms with Crippen LogP contribution in [-0.2, 0) is 9.53 Å². The zero-order valence-corrected chi connectivity index (χ0v) is 14.6. The second-order valence-electron chi connectivity index (χ2n) is 6.12. The quantitative estimate of drug-likeness (QED) is 0.590. The summed E-state index contributed by atoms with van der Waals surface area (Å²) in [5, 5.41) is 2.50. The monoisotopic (exact) mass is 337 g/mol. The van der Waals surface area contributed by atoms with Gasteiger partial charge in [-0.25, -0.2) is 0 Å². The van der Waals surface area contributed by atoms with Gasteiger partial charge in [0.1, 0.15) is 11.9 Å². The molecule has 1 amide bonds. The Morgan fingerprint density at radius 3 is 2.92 bits per heavy atom. The molecule has 1 aromatic heterocycles. The Morgan fingerprint density at radius 2 is 2.25 bits per heavy atom. The highest BCUT2D eigenvalue weighted by molar-refractivity contribution is 5.97. The zero-order valence-electron chi connectivity index (χ0n) is 14.6. The summed E-state index contributed by atoms with van der Waals surface area (Å²) in [4.78, 5) is 26.5. The molecule has 0 fully saturated rings. The fourth-order valence-corrected chi connectivity index (χ4v) is 2.05. The van der Waals surface area contributed by atoms with Gasteiger partial charge < -0.3 is 25.3 Å². The Kier molecular flexibility index (Phi) is 8.35. The number of nitrogens with zero attached hydrogens (tertiary/aromatic N) is 1. The highest BCUT2D eigenvalue weighted by Crippen LogP contribution is 2.24. The highest BCUT2D eigenvalue weighted by Gasteiger charge is 2.23. The maximum Gasteiger partial charge on any atom is 0.255 e. The van der Waals surface area contributed by atoms with Crippen molar-refractivity contribution in [2.45, 2.75) is 45.3 Å². The Labute approximate surface area is 142 Å². The van der Waals surface area contributed by atoms with E-state index in [4.69, 9.17) is 15.2 Å². The molecule has 0 radical (unpaired) electrons. The van der Waals surface area contributed by atoms with Crippen LogP contribution >= 0.6 is 0 Å². The van der Waals surface area contributed by atoms with E-state index in [9.17, 15) is 9.59 Å². The number of nitrogens with two attached hydrogens (primary N) is 1. The second kappa shape index (κ2) is 10.00. The summed E-state index contributed by atoms with van der Waals surface area (Å²) in [6, 6.07) is 1.56. The summed E-state index contributed by atoms with van der Waals surface area (Å²) in [6.45, 7) is 6.90. The average Bonchev–Trinajstić information content (AvgIpc) is 2.52. The van der Waals surface area contributed by atoms with Gasteiger partial charge in [-0.05, 0) is 39.8 Å². The van der Waals surface area contributed by atoms with Crippen molar-refractivity contribution in [1.82, 2.24) is 10.3 Å². The van der Waals surface area contributed by atoms with Gasteiger partial charge in [-0.15, -0.1) is 0 Å². The van der Waals surface area contributed by atoms with Crippen molar-refractivity contribution < 1.29 is 19.1 Å². The Bertz CT molecular complexity index is 534. The minimum Gasteiger partial charge on any atom is -0.485 e. The molecule has 3 N–H and O–H groups in total. The lowest BCUT2D eigenvalue weighted by molar-refractivity contribution is -0.107. The van der Waals surface area contributed by atoms with Crippen molar-refractivity contribution in [2.75, 3.05) is 19.7 Å². The number of pyridine rings is 1. The molecule has 1 heterocycles. The maximum atomic E-state index is 12.1. The van der Waals surface area contributed by atoms with Crippen LogP contribution in [0.3, 0.4) is 0 Å². The van der Waals surface area contributed by atoms with E-state index in [0.29, 0.717) is 37.2 Å². The van der Waals surface area contributed by atoms with Crippen molar-refractivity contribution in [3.8, 4) is 5.75 Å². The Hall–Kier alpha value is -1.99. The van der Waals surface area contributed by atoms with Crippen molar-refractivity contribution in [2.24, 2.45) is 5.73 Å². The van der Waals surface area contributed by atoms with Crippen LogP contribution in [0.2, 0.25) is 0 Å². The first-order chi connectivity index (χ1) is 11.4. The SMILES string of the molecule is CC(CCN)OCCC(C)(C)Oc1cnccc1C(=O)NCC=O. The largest absolute Gasteiger partial charge is 0.485 e. The molecule has 1 unspecified atom stereocenters. The number of ether oxygens (including phenoxy) is 2. The van der Waals surface area contributed by atoms with Crippen molar-refractivity contribution >= 4 is 12.2 Å². The number of aromatic nitrogens is 1. The first-order valence-corrected chi connectivity index (χ1v) is 8.06. The predicted octanol–water partition coefficient (Wildman–Crippen LogP) is 1.31. The third-order valence-electron chi connectivity index (χ3n) is 3.44. The molecule has 7 heteroatoms. The molecule has 0 saturated carbocycles. The number of amides is 1. The van der Waals surface area contributed by atoms with Crippen LogP contribution in [-0.4, -0.2) is 48.6 Å². The van der Waals surface area contributed by atoms with E-state index in [1.165, 1.54) is 12.4 Å². The summed E-state index contributed by atoms with van der Waals surface area (Å²) >= 11 is 0. The lowest BCUT2D eigenvalue weighted by Crippen LogP contribution is -2.32. The van der Waals surface area contributed by atoms with E-state index in [-0.39, 0.29) is 18.6 Å². The van der Waals surface area contributed by atoms with E-state index >= 15 is 0 Å². The van der Waals surface area contributed by atoms with Crippen LogP contribution in [0.25, 0.3) is 0 Å². The van der Waals surface area contributed by atoms with Crippen molar-refractivity contribution in [1.29, 1.82) is 0 Å². The number of carbonyl (C=O) groups excluding carboxylic acids is 2. The first kappa shape index (κ1) is 20.1. The molecule has 0 saturated heterocycles. The molecule has 0 bridgehead atoms. The molecule has 0 aliphatic carbocycles. The van der Waals surface area contributed by atoms with Gasteiger partial charge in [0.2, 0.25) is 0 Å². The van der Waals surface area contributed by atoms with Gasteiger partial charge in [0, 0.05) is 12.6 Å². The second-order valence-corrected chi connectivity index (χ2v) is 6.12. The van der Waals surface area contributed by atoms with Gasteiger partial charge in [-0.1, -0.05) is 0 Å². The average molecular weight is 337 g/mol. The molecule has 1 aromatic rings. The zero-order chi connectivity index (χ0) is 18.0. The lowest BCUT2D eigenvalue weighted by Gasteiger charge is -2.28. The normalized spacial score (nSPS) is 12.5. The van der Waals surface area contributed by atoms with Gasteiger partial charge in [0.25, 0.3) is 5.91 Å². The number of carbonyl (C=O) groups is 2. The Morgan fingerprint density at radius 1 is 1.50 bits per heavy atom. The summed E-state index contributed by atoms with van der Waals surface area (Å²) in [7, 11) is 0. The van der Waals surface area contributed by atoms with Crippen molar-refractivity contribution in [3.63, 3.8) is 0 Å². The van der Waals surface area contributed by atoms with Crippen LogP contribution in [0.5, 0.6) is 5.75 Å². The molecule has 1 atom stereocenters. The van der Waals surface area contributed by atoms with Gasteiger partial charge in [0.15, 0.2) is 5.75 Å². The van der Waals surface area contributed by atoms with E-state index in [2.05, 4.69) is 10.3 Å². The van der Waals surface area contributed by atoms with Gasteiger partial charge in [-0.3, -0.25) is 9.78 Å². The molecule has 1 rings (SSSR count). The van der Waals surface area contributed by atoms with Crippen LogP contribution in [0.15, 0.2) is 18.5 Å². The molecular formula is C17H27N3O4. The van der Waals surface area contributed by atoms with E-state index in [0.717, 1.165) is 6.42 Å². The Balaban J connectivity index is 2.66. The molecule has 0 aliphatic heterocycles. The number of nitrogens with one attached hydrogen (secondary N) is 1. The standard InChI is InChI=1S/C17H27N3O4/c1-13(4-7-18)23-11-6-17(2,3)24-15-12-19-8-5-14(15)16(22)20-9-10-21/h5,8,10,12-13H,4,6-7,9,11,18H2,1-3H3,(H,20,22). The van der Waals surface area contributed by atoms with E-state index in [1.54, 1.807) is 6.07 Å². The number of hydrogen-bond donors (Lipinski definition) is 2. The fourth-order valence-electron chi connectivity index (χ4n) is 2.05. The van der Waals surface area contributed by atoms with Crippen LogP contribution in [0, 0.1) is 0 Å². The summed E-state index contributed by atoms with van der Waals surface area (Å²) in [6.07, 6.45) is 5.19. The number of rotatable bonds is 11. The molecule has 0 aromatic carbocycles. The lowest BCUT2D eigenvalue weighted by atomic mass is 10.1. The smallest absolute Gasteiger partial charge is 0.255 e. The topological polar surface area (TPSA) is 104 Å². The maximum absolute atomic E-state index is 12.1. The van der Waals surface area contributed by atoms with Gasteiger partial charge in [0.05, 0.1) is 31.0 Å². The number of aldehydes is 1. The molecular weight excluding hydrogens is 310 g/mol. The summed E-state index contributed by atoms with van der Waals surface area (Å²) < 4.78 is 11.7. The van der Waals surface area contributed by atoms with Crippen molar-refractivity contribution in [3.05, 3.63) is 24.0 Å². The third-order valence-corrected chi connectivity index (χ3v) is 3.44. The van der Waals surface area contributed by atoms with Crippen LogP contribution in [0.1, 0.15) is 44.0 Å². The highest BCUT2D eigenvalue weighted by atomic mass is 16.5. The molecule has 0 aliphatic rings. The third kappa shape index (κ3) is 7.06. The van der Waals surface area contributed by atoms with Crippen LogP contribution in [0.4, 0.5) is 0 Å². The minimum absolute atomic E-state index is 0.0448. The summed E-state index contributed by atoms with van der Waals surface area (Å²) in [5.41, 5.74) is 5.31. The summed E-state index contributed by atoms with van der Waals surface area (Å²) in [5.74, 6) is 0.00373. The van der Waals surface area contributed by atoms with E-state index in [1.807, 2.05) is 20.8 Å². The first-order valence-electron chi connectivity index (χ1n) is 8.06. The molecule has 0 spiro atoms. The van der Waals surface area contributed by atoms with E-state index < -0.39 is 5.60 Å². The number of hydrogen-bond acceptors (Lipinski definition) is 6. The van der Waals surface area contributed by atoms with Gasteiger partial charge >= 0.3 is 0 Å². The fraction of sp³-hybridized carbons (Fsp3) is 0.588. The molecule has 7 nitrogen and oxygen atoms in total.